The average Bonchev–Trinajstić information content (AvgIpc) is 2.88. The highest BCUT2D eigenvalue weighted by Crippen LogP contribution is 2.33. The highest BCUT2D eigenvalue weighted by Gasteiger charge is 2.36. The number of carbonyl (C=O) groups is 3. The highest BCUT2D eigenvalue weighted by atomic mass is 35.5. The van der Waals surface area contributed by atoms with Crippen LogP contribution >= 0.6 is 35.0 Å². The average molecular weight is 423 g/mol. The Morgan fingerprint density at radius 3 is 2.59 bits per heavy atom. The third-order valence-electron chi connectivity index (χ3n) is 3.59. The largest absolute Gasteiger partial charge is 0.506 e. The lowest BCUT2D eigenvalue weighted by molar-refractivity contribution is -0.127. The number of anilines is 1. The first kappa shape index (κ1) is 19.3. The molecular weight excluding hydrogens is 411 g/mol. The third kappa shape index (κ3) is 4.44. The van der Waals surface area contributed by atoms with Crippen LogP contribution in [0.2, 0.25) is 10.0 Å². The highest BCUT2D eigenvalue weighted by molar-refractivity contribution is 8.18. The van der Waals surface area contributed by atoms with Gasteiger partial charge in [0.15, 0.2) is 0 Å². The molecule has 0 saturated carbocycles. The first-order valence-electron chi connectivity index (χ1n) is 7.63. The fourth-order valence-corrected chi connectivity index (χ4v) is 3.51. The maximum Gasteiger partial charge on any atom is 0.294 e. The lowest BCUT2D eigenvalue weighted by atomic mass is 10.2. The van der Waals surface area contributed by atoms with Crippen molar-refractivity contribution in [1.82, 2.24) is 4.90 Å². The second kappa shape index (κ2) is 8.04. The van der Waals surface area contributed by atoms with E-state index in [1.807, 2.05) is 0 Å². The second-order valence-corrected chi connectivity index (χ2v) is 7.31. The molecular formula is C18H12Cl2N2O4S. The number of hydrogen-bond donors (Lipinski definition) is 2. The molecule has 1 saturated heterocycles. The molecule has 2 N–H and O–H groups in total. The first-order chi connectivity index (χ1) is 12.8. The van der Waals surface area contributed by atoms with E-state index in [0.717, 1.165) is 16.7 Å². The molecule has 1 heterocycles. The molecule has 0 unspecified atom stereocenters. The molecule has 0 spiro atoms. The van der Waals surface area contributed by atoms with Gasteiger partial charge in [-0.25, -0.2) is 0 Å². The second-order valence-electron chi connectivity index (χ2n) is 5.51. The fraction of sp³-hybridized carbons (Fsp3) is 0.0556. The Morgan fingerprint density at radius 2 is 1.89 bits per heavy atom. The molecule has 0 bridgehead atoms. The van der Waals surface area contributed by atoms with E-state index in [9.17, 15) is 19.5 Å². The molecule has 9 heteroatoms. The van der Waals surface area contributed by atoms with Gasteiger partial charge in [0.05, 0.1) is 20.6 Å². The number of halogens is 2. The van der Waals surface area contributed by atoms with E-state index in [0.29, 0.717) is 16.3 Å². The monoisotopic (exact) mass is 422 g/mol. The number of para-hydroxylation sites is 1. The number of hydrogen-bond acceptors (Lipinski definition) is 5. The zero-order chi connectivity index (χ0) is 19.6. The van der Waals surface area contributed by atoms with Gasteiger partial charge in [-0.3, -0.25) is 19.3 Å². The van der Waals surface area contributed by atoms with Gasteiger partial charge >= 0.3 is 0 Å². The molecule has 3 rings (SSSR count). The van der Waals surface area contributed by atoms with Crippen LogP contribution in [0.3, 0.4) is 0 Å². The normalized spacial score (nSPS) is 15.5. The van der Waals surface area contributed by atoms with Crippen LogP contribution in [0.25, 0.3) is 6.08 Å². The Balaban J connectivity index is 1.72. The van der Waals surface area contributed by atoms with Crippen molar-refractivity contribution in [2.24, 2.45) is 0 Å². The van der Waals surface area contributed by atoms with Crippen LogP contribution in [-0.4, -0.2) is 33.6 Å². The molecule has 2 aromatic carbocycles. The number of thioether (sulfide) groups is 1. The summed E-state index contributed by atoms with van der Waals surface area (Å²) in [6.07, 6.45) is 1.47. The summed E-state index contributed by atoms with van der Waals surface area (Å²) < 4.78 is 0. The number of carbonyl (C=O) groups excluding carboxylic acids is 3. The van der Waals surface area contributed by atoms with Crippen LogP contribution in [0, 0.1) is 0 Å². The molecule has 3 amide bonds. The van der Waals surface area contributed by atoms with Gasteiger partial charge in [-0.05, 0) is 47.7 Å². The van der Waals surface area contributed by atoms with Crippen LogP contribution in [0.4, 0.5) is 10.5 Å². The van der Waals surface area contributed by atoms with Gasteiger partial charge in [0.1, 0.15) is 12.3 Å². The van der Waals surface area contributed by atoms with E-state index in [1.165, 1.54) is 18.2 Å². The van der Waals surface area contributed by atoms with Gasteiger partial charge < -0.3 is 10.4 Å². The number of nitrogens with zero attached hydrogens (tertiary/aromatic N) is 1. The number of benzene rings is 2. The minimum atomic E-state index is -0.580. The van der Waals surface area contributed by atoms with Gasteiger partial charge in [-0.15, -0.1) is 0 Å². The summed E-state index contributed by atoms with van der Waals surface area (Å²) in [4.78, 5) is 37.8. The van der Waals surface area contributed by atoms with E-state index < -0.39 is 23.6 Å². The predicted molar refractivity (Wildman–Crippen MR) is 106 cm³/mol. The molecule has 138 valence electrons. The van der Waals surface area contributed by atoms with E-state index in [-0.39, 0.29) is 15.7 Å². The van der Waals surface area contributed by atoms with Gasteiger partial charge in [0.25, 0.3) is 11.1 Å². The topological polar surface area (TPSA) is 86.7 Å². The molecule has 0 aromatic heterocycles. The molecule has 1 aliphatic heterocycles. The van der Waals surface area contributed by atoms with Crippen molar-refractivity contribution in [3.05, 3.63) is 63.0 Å². The Bertz CT molecular complexity index is 978. The number of nitrogens with one attached hydrogen (secondary N) is 1. The van der Waals surface area contributed by atoms with Crippen molar-refractivity contribution >= 4 is 63.8 Å². The van der Waals surface area contributed by atoms with Crippen molar-refractivity contribution in [2.75, 3.05) is 11.9 Å². The van der Waals surface area contributed by atoms with Gasteiger partial charge in [-0.2, -0.15) is 0 Å². The molecule has 1 aliphatic rings. The zero-order valence-corrected chi connectivity index (χ0v) is 15.9. The van der Waals surface area contributed by atoms with Crippen molar-refractivity contribution < 1.29 is 19.5 Å². The standard InChI is InChI=1S/C18H12Cl2N2O4S/c19-11-3-1-2-4-13(11)21-16(24)9-22-17(25)15(27-18(22)26)8-10-5-6-14(23)12(20)7-10/h1-8,23H,9H2,(H,21,24)/b15-8+. The fourth-order valence-electron chi connectivity index (χ4n) is 2.30. The summed E-state index contributed by atoms with van der Waals surface area (Å²) in [7, 11) is 0. The Labute approximate surface area is 168 Å². The summed E-state index contributed by atoms with van der Waals surface area (Å²) in [5.74, 6) is -1.21. The number of aromatic hydroxyl groups is 1. The van der Waals surface area contributed by atoms with Crippen LogP contribution < -0.4 is 5.32 Å². The molecule has 2 aromatic rings. The number of amides is 3. The van der Waals surface area contributed by atoms with Crippen LogP contribution in [0.1, 0.15) is 5.56 Å². The third-order valence-corrected chi connectivity index (χ3v) is 5.13. The molecule has 6 nitrogen and oxygen atoms in total. The van der Waals surface area contributed by atoms with Crippen molar-refractivity contribution in [1.29, 1.82) is 0 Å². The SMILES string of the molecule is O=C(CN1C(=O)S/C(=C/c2ccc(O)c(Cl)c2)C1=O)Nc1ccccc1Cl. The van der Waals surface area contributed by atoms with Crippen LogP contribution in [-0.2, 0) is 9.59 Å². The predicted octanol–water partition coefficient (Wildman–Crippen LogP) is 4.37. The summed E-state index contributed by atoms with van der Waals surface area (Å²) in [5, 5.41) is 11.9. The molecule has 0 radical (unpaired) electrons. The molecule has 27 heavy (non-hydrogen) atoms. The Hall–Kier alpha value is -2.48. The van der Waals surface area contributed by atoms with Crippen molar-refractivity contribution in [3.63, 3.8) is 0 Å². The minimum Gasteiger partial charge on any atom is -0.506 e. The van der Waals surface area contributed by atoms with E-state index >= 15 is 0 Å². The molecule has 0 atom stereocenters. The zero-order valence-electron chi connectivity index (χ0n) is 13.6. The number of imide groups is 1. The lowest BCUT2D eigenvalue weighted by Gasteiger charge is -2.13. The summed E-state index contributed by atoms with van der Waals surface area (Å²) in [6.45, 7) is -0.427. The Kier molecular flexibility index (Phi) is 5.74. The van der Waals surface area contributed by atoms with E-state index in [2.05, 4.69) is 5.32 Å². The van der Waals surface area contributed by atoms with Crippen LogP contribution in [0.15, 0.2) is 47.4 Å². The summed E-state index contributed by atoms with van der Waals surface area (Å²) >= 11 is 12.5. The van der Waals surface area contributed by atoms with E-state index in [4.69, 9.17) is 23.2 Å². The van der Waals surface area contributed by atoms with Gasteiger partial charge in [0.2, 0.25) is 5.91 Å². The number of phenols is 1. The van der Waals surface area contributed by atoms with Crippen LogP contribution in [0.5, 0.6) is 5.75 Å². The first-order valence-corrected chi connectivity index (χ1v) is 9.20. The maximum absolute atomic E-state index is 12.5. The van der Waals surface area contributed by atoms with E-state index in [1.54, 1.807) is 30.3 Å². The van der Waals surface area contributed by atoms with Gasteiger partial charge in [0, 0.05) is 0 Å². The number of rotatable bonds is 4. The van der Waals surface area contributed by atoms with Gasteiger partial charge in [-0.1, -0.05) is 41.4 Å². The quantitative estimate of drug-likeness (QED) is 0.714. The Morgan fingerprint density at radius 1 is 1.15 bits per heavy atom. The summed E-state index contributed by atoms with van der Waals surface area (Å²) in [6, 6.07) is 11.1. The molecule has 1 fully saturated rings. The summed E-state index contributed by atoms with van der Waals surface area (Å²) in [5.41, 5.74) is 0.939. The van der Waals surface area contributed by atoms with Crippen molar-refractivity contribution in [2.45, 2.75) is 0 Å². The maximum atomic E-state index is 12.5. The van der Waals surface area contributed by atoms with Crippen molar-refractivity contribution in [3.8, 4) is 5.75 Å². The number of phenolic OH excluding ortho intramolecular Hbond substituents is 1. The smallest absolute Gasteiger partial charge is 0.294 e. The lowest BCUT2D eigenvalue weighted by Crippen LogP contribution is -2.36. The molecule has 0 aliphatic carbocycles. The minimum absolute atomic E-state index is 0.0850.